The van der Waals surface area contributed by atoms with Gasteiger partial charge in [0.1, 0.15) is 6.54 Å². The minimum Gasteiger partial charge on any atom is -0.368 e. The second-order valence-corrected chi connectivity index (χ2v) is 3.07. The van der Waals surface area contributed by atoms with Crippen molar-refractivity contribution in [1.29, 1.82) is 0 Å². The fourth-order valence-corrected chi connectivity index (χ4v) is 0.999. The first kappa shape index (κ1) is 12.7. The zero-order valence-corrected chi connectivity index (χ0v) is 8.88. The fraction of sp³-hybridized carbons (Fsp3) is 0.778. The normalized spacial score (nSPS) is 9.57. The van der Waals surface area contributed by atoms with Crippen LogP contribution in [0.15, 0.2) is 0 Å². The number of primary amides is 1. The number of urea groups is 1. The summed E-state index contributed by atoms with van der Waals surface area (Å²) in [5, 5.41) is 2.72. The number of hydrogen-bond donors (Lipinski definition) is 2. The Kier molecular flexibility index (Phi) is 6.53. The smallest absolute Gasteiger partial charge is 0.317 e. The molecule has 0 aliphatic carbocycles. The Morgan fingerprint density at radius 3 is 2.43 bits per heavy atom. The Morgan fingerprint density at radius 1 is 1.36 bits per heavy atom. The van der Waals surface area contributed by atoms with E-state index < -0.39 is 5.91 Å². The Morgan fingerprint density at radius 2 is 2.00 bits per heavy atom. The van der Waals surface area contributed by atoms with Gasteiger partial charge < -0.3 is 16.0 Å². The lowest BCUT2D eigenvalue weighted by Crippen LogP contribution is -2.44. The van der Waals surface area contributed by atoms with Crippen LogP contribution >= 0.6 is 0 Å². The van der Waals surface area contributed by atoms with Crippen molar-refractivity contribution in [3.8, 4) is 0 Å². The van der Waals surface area contributed by atoms with Crippen molar-refractivity contribution >= 4 is 11.9 Å². The molecule has 0 bridgehead atoms. The lowest BCUT2D eigenvalue weighted by atomic mass is 10.3. The molecule has 3 amide bonds. The molecule has 0 saturated heterocycles. The lowest BCUT2D eigenvalue weighted by molar-refractivity contribution is -0.118. The maximum absolute atomic E-state index is 11.4. The first-order valence-electron chi connectivity index (χ1n) is 4.92. The number of amides is 3. The molecule has 14 heavy (non-hydrogen) atoms. The van der Waals surface area contributed by atoms with Crippen LogP contribution in [-0.2, 0) is 4.79 Å². The van der Waals surface area contributed by atoms with Crippen LogP contribution in [0.3, 0.4) is 0 Å². The molecule has 0 aliphatic rings. The van der Waals surface area contributed by atoms with Crippen molar-refractivity contribution in [1.82, 2.24) is 10.2 Å². The topological polar surface area (TPSA) is 75.4 Å². The van der Waals surface area contributed by atoms with Gasteiger partial charge in [-0.05, 0) is 13.3 Å². The van der Waals surface area contributed by atoms with Crippen LogP contribution < -0.4 is 11.1 Å². The number of rotatable bonds is 6. The molecule has 5 heteroatoms. The van der Waals surface area contributed by atoms with Crippen LogP contribution in [0.2, 0.25) is 0 Å². The van der Waals surface area contributed by atoms with Gasteiger partial charge in [0.15, 0.2) is 0 Å². The Bertz CT molecular complexity index is 194. The van der Waals surface area contributed by atoms with Crippen LogP contribution in [0.4, 0.5) is 4.79 Å². The molecular formula is C9H19N3O2. The van der Waals surface area contributed by atoms with Crippen molar-refractivity contribution in [3.05, 3.63) is 0 Å². The van der Waals surface area contributed by atoms with Crippen LogP contribution in [0.1, 0.15) is 26.7 Å². The van der Waals surface area contributed by atoms with E-state index >= 15 is 0 Å². The van der Waals surface area contributed by atoms with Gasteiger partial charge in [0.25, 0.3) is 0 Å². The zero-order chi connectivity index (χ0) is 11.0. The molecule has 0 aromatic carbocycles. The SMILES string of the molecule is CCCCNC(=O)N(CC)CC(N)=O. The Labute approximate surface area is 84.6 Å². The molecule has 3 N–H and O–H groups in total. The van der Waals surface area contributed by atoms with Gasteiger partial charge in [-0.2, -0.15) is 0 Å². The highest BCUT2D eigenvalue weighted by molar-refractivity contribution is 5.82. The zero-order valence-electron chi connectivity index (χ0n) is 8.88. The van der Waals surface area contributed by atoms with E-state index in [1.807, 2.05) is 13.8 Å². The van der Waals surface area contributed by atoms with Gasteiger partial charge in [0, 0.05) is 13.1 Å². The molecule has 0 heterocycles. The Hall–Kier alpha value is -1.26. The third-order valence-electron chi connectivity index (χ3n) is 1.82. The summed E-state index contributed by atoms with van der Waals surface area (Å²) in [6.45, 7) is 4.97. The van der Waals surface area contributed by atoms with E-state index in [-0.39, 0.29) is 12.6 Å². The second-order valence-electron chi connectivity index (χ2n) is 3.07. The van der Waals surface area contributed by atoms with Crippen molar-refractivity contribution < 1.29 is 9.59 Å². The van der Waals surface area contributed by atoms with Crippen LogP contribution in [0.25, 0.3) is 0 Å². The standard InChI is InChI=1S/C9H19N3O2/c1-3-5-6-11-9(14)12(4-2)7-8(10)13/h3-7H2,1-2H3,(H2,10,13)(H,11,14). The maximum atomic E-state index is 11.4. The fourth-order valence-electron chi connectivity index (χ4n) is 0.999. The first-order chi connectivity index (χ1) is 6.61. The Balaban J connectivity index is 3.85. The molecule has 0 rings (SSSR count). The summed E-state index contributed by atoms with van der Waals surface area (Å²) in [6, 6.07) is -0.222. The quantitative estimate of drug-likeness (QED) is 0.606. The molecule has 0 aromatic heterocycles. The number of unbranched alkanes of at least 4 members (excludes halogenated alkanes) is 1. The number of likely N-dealkylation sites (N-methyl/N-ethyl adjacent to an activating group) is 1. The highest BCUT2D eigenvalue weighted by Crippen LogP contribution is 1.89. The molecule has 0 aromatic rings. The molecule has 0 aliphatic heterocycles. The number of nitrogens with two attached hydrogens (primary N) is 1. The maximum Gasteiger partial charge on any atom is 0.317 e. The van der Waals surface area contributed by atoms with E-state index in [9.17, 15) is 9.59 Å². The summed E-state index contributed by atoms with van der Waals surface area (Å²) in [5.41, 5.74) is 5.00. The summed E-state index contributed by atoms with van der Waals surface area (Å²) >= 11 is 0. The molecule has 0 unspecified atom stereocenters. The average molecular weight is 201 g/mol. The third-order valence-corrected chi connectivity index (χ3v) is 1.82. The average Bonchev–Trinajstić information content (AvgIpc) is 2.14. The summed E-state index contributed by atoms with van der Waals surface area (Å²) in [5.74, 6) is -0.488. The van der Waals surface area contributed by atoms with Gasteiger partial charge >= 0.3 is 6.03 Å². The summed E-state index contributed by atoms with van der Waals surface area (Å²) < 4.78 is 0. The van der Waals surface area contributed by atoms with Crippen molar-refractivity contribution in [2.24, 2.45) is 5.73 Å². The predicted molar refractivity (Wildman–Crippen MR) is 54.7 cm³/mol. The highest BCUT2D eigenvalue weighted by atomic mass is 16.2. The van der Waals surface area contributed by atoms with E-state index in [0.29, 0.717) is 13.1 Å². The molecule has 0 radical (unpaired) electrons. The lowest BCUT2D eigenvalue weighted by Gasteiger charge is -2.19. The summed E-state index contributed by atoms with van der Waals surface area (Å²) in [4.78, 5) is 23.4. The molecule has 5 nitrogen and oxygen atoms in total. The van der Waals surface area contributed by atoms with E-state index in [4.69, 9.17) is 5.73 Å². The molecule has 82 valence electrons. The van der Waals surface area contributed by atoms with Gasteiger partial charge in [-0.3, -0.25) is 4.79 Å². The van der Waals surface area contributed by atoms with Gasteiger partial charge in [-0.25, -0.2) is 4.79 Å². The van der Waals surface area contributed by atoms with E-state index in [0.717, 1.165) is 12.8 Å². The number of nitrogens with one attached hydrogen (secondary N) is 1. The number of hydrogen-bond acceptors (Lipinski definition) is 2. The minimum atomic E-state index is -0.488. The van der Waals surface area contributed by atoms with E-state index in [1.165, 1.54) is 4.90 Å². The largest absolute Gasteiger partial charge is 0.368 e. The minimum absolute atomic E-state index is 0.0194. The highest BCUT2D eigenvalue weighted by Gasteiger charge is 2.12. The molecule has 0 atom stereocenters. The van der Waals surface area contributed by atoms with E-state index in [2.05, 4.69) is 5.32 Å². The predicted octanol–water partition coefficient (Wildman–Crippen LogP) is 0.303. The van der Waals surface area contributed by atoms with Gasteiger partial charge in [0.2, 0.25) is 5.91 Å². The molecule has 0 fully saturated rings. The van der Waals surface area contributed by atoms with Gasteiger partial charge in [0.05, 0.1) is 0 Å². The van der Waals surface area contributed by atoms with Crippen LogP contribution in [0.5, 0.6) is 0 Å². The van der Waals surface area contributed by atoms with E-state index in [1.54, 1.807) is 0 Å². The van der Waals surface area contributed by atoms with Crippen molar-refractivity contribution in [2.45, 2.75) is 26.7 Å². The van der Waals surface area contributed by atoms with Crippen LogP contribution in [0, 0.1) is 0 Å². The van der Waals surface area contributed by atoms with Gasteiger partial charge in [-0.1, -0.05) is 13.3 Å². The first-order valence-corrected chi connectivity index (χ1v) is 4.92. The van der Waals surface area contributed by atoms with Crippen molar-refractivity contribution in [2.75, 3.05) is 19.6 Å². The number of nitrogens with zero attached hydrogens (tertiary/aromatic N) is 1. The molecule has 0 spiro atoms. The summed E-state index contributed by atoms with van der Waals surface area (Å²) in [7, 11) is 0. The molecular weight excluding hydrogens is 182 g/mol. The van der Waals surface area contributed by atoms with Crippen LogP contribution in [-0.4, -0.2) is 36.5 Å². The second kappa shape index (κ2) is 7.17. The number of carbonyl (C=O) groups is 2. The van der Waals surface area contributed by atoms with Gasteiger partial charge in [-0.15, -0.1) is 0 Å². The molecule has 0 saturated carbocycles. The number of carbonyl (C=O) groups excluding carboxylic acids is 2. The third kappa shape index (κ3) is 5.40. The monoisotopic (exact) mass is 201 g/mol. The van der Waals surface area contributed by atoms with Crippen molar-refractivity contribution in [3.63, 3.8) is 0 Å². The summed E-state index contributed by atoms with van der Waals surface area (Å²) in [6.07, 6.45) is 1.97.